The molecular weight excluding hydrogens is 277 g/mol. The Morgan fingerprint density at radius 1 is 1.20 bits per heavy atom. The maximum atomic E-state index is 13.3. The van der Waals surface area contributed by atoms with E-state index in [9.17, 15) is 12.8 Å². The Bertz CT molecular complexity index is 567. The number of hydrogen-bond acceptors (Lipinski definition) is 2. The second-order valence-corrected chi connectivity index (χ2v) is 7.50. The zero-order chi connectivity index (χ0) is 14.9. The summed E-state index contributed by atoms with van der Waals surface area (Å²) < 4.78 is 40.4. The highest BCUT2D eigenvalue weighted by Gasteiger charge is 2.31. The molecule has 1 aromatic carbocycles. The molecule has 0 radical (unpaired) electrons. The van der Waals surface area contributed by atoms with E-state index in [2.05, 4.69) is 6.92 Å². The average molecular weight is 299 g/mol. The van der Waals surface area contributed by atoms with Gasteiger partial charge in [-0.25, -0.2) is 12.8 Å². The molecule has 1 aliphatic rings. The van der Waals surface area contributed by atoms with Crippen LogP contribution in [0.2, 0.25) is 0 Å². The summed E-state index contributed by atoms with van der Waals surface area (Å²) in [5.74, 6) is 0.237. The van der Waals surface area contributed by atoms with Crippen LogP contribution in [0.3, 0.4) is 0 Å². The third-order valence-electron chi connectivity index (χ3n) is 4.17. The Hall–Kier alpha value is -0.940. The highest BCUT2D eigenvalue weighted by Crippen LogP contribution is 2.29. The number of nitrogens with zero attached hydrogens (tertiary/aromatic N) is 1. The smallest absolute Gasteiger partial charge is 0.207 e. The van der Waals surface area contributed by atoms with Crippen LogP contribution < -0.4 is 0 Å². The van der Waals surface area contributed by atoms with E-state index in [1.165, 1.54) is 12.1 Å². The average Bonchev–Trinajstić information content (AvgIpc) is 2.37. The third kappa shape index (κ3) is 2.88. The molecule has 5 heteroatoms. The van der Waals surface area contributed by atoms with Crippen molar-refractivity contribution in [3.8, 4) is 0 Å². The number of hydrogen-bond donors (Lipinski definition) is 0. The van der Waals surface area contributed by atoms with Crippen LogP contribution >= 0.6 is 0 Å². The summed E-state index contributed by atoms with van der Waals surface area (Å²) in [5.41, 5.74) is 0.972. The first kappa shape index (κ1) is 15.4. The molecule has 0 atom stereocenters. The molecule has 0 N–H and O–H groups in total. The lowest BCUT2D eigenvalue weighted by atomic mass is 9.96. The van der Waals surface area contributed by atoms with Crippen molar-refractivity contribution in [2.45, 2.75) is 44.9 Å². The highest BCUT2D eigenvalue weighted by molar-refractivity contribution is 7.89. The minimum absolute atomic E-state index is 0.272. The molecule has 112 valence electrons. The Morgan fingerprint density at radius 3 is 2.15 bits per heavy atom. The van der Waals surface area contributed by atoms with Gasteiger partial charge in [0.2, 0.25) is 10.0 Å². The van der Waals surface area contributed by atoms with E-state index in [0.29, 0.717) is 30.1 Å². The first-order valence-electron chi connectivity index (χ1n) is 7.13. The Morgan fingerprint density at radius 2 is 1.70 bits per heavy atom. The lowest BCUT2D eigenvalue weighted by Gasteiger charge is -2.31. The third-order valence-corrected chi connectivity index (χ3v) is 6.38. The van der Waals surface area contributed by atoms with E-state index in [4.69, 9.17) is 0 Å². The second kappa shape index (κ2) is 5.82. The van der Waals surface area contributed by atoms with Gasteiger partial charge in [-0.3, -0.25) is 0 Å². The summed E-state index contributed by atoms with van der Waals surface area (Å²) in [5, 5.41) is 0. The first-order valence-corrected chi connectivity index (χ1v) is 8.57. The van der Waals surface area contributed by atoms with Gasteiger partial charge in [0, 0.05) is 13.1 Å². The standard InChI is InChI=1S/C15H22FNO2S/c1-4-13-5-7-17(8-6-13)20(18,19)15-11(2)9-14(16)10-12(15)3/h9-10,13H,4-8H2,1-3H3. The van der Waals surface area contributed by atoms with Gasteiger partial charge >= 0.3 is 0 Å². The molecule has 1 aliphatic heterocycles. The monoisotopic (exact) mass is 299 g/mol. The summed E-state index contributed by atoms with van der Waals surface area (Å²) in [7, 11) is -3.51. The zero-order valence-electron chi connectivity index (χ0n) is 12.3. The maximum Gasteiger partial charge on any atom is 0.243 e. The normalized spacial score (nSPS) is 18.4. The Labute approximate surface area is 120 Å². The number of aryl methyl sites for hydroxylation is 2. The molecule has 0 amide bonds. The van der Waals surface area contributed by atoms with E-state index < -0.39 is 10.0 Å². The Kier molecular flexibility index (Phi) is 4.49. The SMILES string of the molecule is CCC1CCN(S(=O)(=O)c2c(C)cc(F)cc2C)CC1. The van der Waals surface area contributed by atoms with Crippen LogP contribution in [0.5, 0.6) is 0 Å². The predicted molar refractivity (Wildman–Crippen MR) is 77.6 cm³/mol. The van der Waals surface area contributed by atoms with E-state index in [-0.39, 0.29) is 10.7 Å². The molecule has 20 heavy (non-hydrogen) atoms. The van der Waals surface area contributed by atoms with Gasteiger partial charge in [-0.15, -0.1) is 0 Å². The number of halogens is 1. The number of rotatable bonds is 3. The fourth-order valence-corrected chi connectivity index (χ4v) is 4.87. The van der Waals surface area contributed by atoms with Crippen LogP contribution in [0.4, 0.5) is 4.39 Å². The van der Waals surface area contributed by atoms with E-state index >= 15 is 0 Å². The molecule has 0 saturated carbocycles. The van der Waals surface area contributed by atoms with Crippen molar-refractivity contribution in [2.75, 3.05) is 13.1 Å². The summed E-state index contributed by atoms with van der Waals surface area (Å²) in [6, 6.07) is 2.58. The van der Waals surface area contributed by atoms with Crippen LogP contribution in [0.25, 0.3) is 0 Å². The minimum atomic E-state index is -3.51. The number of piperidine rings is 1. The van der Waals surface area contributed by atoms with Crippen molar-refractivity contribution in [2.24, 2.45) is 5.92 Å². The fourth-order valence-electron chi connectivity index (χ4n) is 2.99. The van der Waals surface area contributed by atoms with Gasteiger partial charge in [0.1, 0.15) is 5.82 Å². The molecule has 0 aromatic heterocycles. The summed E-state index contributed by atoms with van der Waals surface area (Å²) >= 11 is 0. The largest absolute Gasteiger partial charge is 0.243 e. The molecule has 1 saturated heterocycles. The topological polar surface area (TPSA) is 37.4 Å². The summed E-state index contributed by atoms with van der Waals surface area (Å²) in [6.07, 6.45) is 2.92. The fraction of sp³-hybridized carbons (Fsp3) is 0.600. The molecule has 3 nitrogen and oxygen atoms in total. The molecular formula is C15H22FNO2S. The first-order chi connectivity index (χ1) is 9.36. The molecule has 2 rings (SSSR count). The molecule has 1 heterocycles. The molecule has 0 bridgehead atoms. The number of benzene rings is 1. The van der Waals surface area contributed by atoms with Crippen LogP contribution in [0, 0.1) is 25.6 Å². The Balaban J connectivity index is 2.32. The van der Waals surface area contributed by atoms with Crippen LogP contribution in [0.1, 0.15) is 37.3 Å². The molecule has 0 spiro atoms. The van der Waals surface area contributed by atoms with Crippen molar-refractivity contribution in [1.29, 1.82) is 0 Å². The minimum Gasteiger partial charge on any atom is -0.207 e. The van der Waals surface area contributed by atoms with Crippen molar-refractivity contribution in [1.82, 2.24) is 4.31 Å². The van der Waals surface area contributed by atoms with Crippen molar-refractivity contribution in [3.63, 3.8) is 0 Å². The van der Waals surface area contributed by atoms with Gasteiger partial charge in [0.15, 0.2) is 0 Å². The van der Waals surface area contributed by atoms with Crippen LogP contribution in [-0.2, 0) is 10.0 Å². The van der Waals surface area contributed by atoms with E-state index in [1.54, 1.807) is 18.2 Å². The lowest BCUT2D eigenvalue weighted by molar-refractivity contribution is 0.269. The van der Waals surface area contributed by atoms with Gasteiger partial charge in [0.25, 0.3) is 0 Å². The van der Waals surface area contributed by atoms with E-state index in [1.807, 2.05) is 0 Å². The van der Waals surface area contributed by atoms with Crippen LogP contribution in [0.15, 0.2) is 17.0 Å². The summed E-state index contributed by atoms with van der Waals surface area (Å²) in [4.78, 5) is 0.272. The van der Waals surface area contributed by atoms with Crippen molar-refractivity contribution in [3.05, 3.63) is 29.1 Å². The van der Waals surface area contributed by atoms with Gasteiger partial charge < -0.3 is 0 Å². The molecule has 1 aromatic rings. The van der Waals surface area contributed by atoms with Gasteiger partial charge in [-0.1, -0.05) is 13.3 Å². The molecule has 0 unspecified atom stereocenters. The van der Waals surface area contributed by atoms with Gasteiger partial charge in [0.05, 0.1) is 4.90 Å². The van der Waals surface area contributed by atoms with Gasteiger partial charge in [-0.2, -0.15) is 4.31 Å². The second-order valence-electron chi connectivity index (χ2n) is 5.62. The van der Waals surface area contributed by atoms with E-state index in [0.717, 1.165) is 19.3 Å². The van der Waals surface area contributed by atoms with Crippen LogP contribution in [-0.4, -0.2) is 25.8 Å². The molecule has 0 aliphatic carbocycles. The summed E-state index contributed by atoms with van der Waals surface area (Å²) in [6.45, 7) is 6.58. The maximum absolute atomic E-state index is 13.3. The van der Waals surface area contributed by atoms with Gasteiger partial charge in [-0.05, 0) is 55.9 Å². The lowest BCUT2D eigenvalue weighted by Crippen LogP contribution is -2.38. The quantitative estimate of drug-likeness (QED) is 0.859. The molecule has 1 fully saturated rings. The highest BCUT2D eigenvalue weighted by atomic mass is 32.2. The van der Waals surface area contributed by atoms with Crippen molar-refractivity contribution < 1.29 is 12.8 Å². The zero-order valence-corrected chi connectivity index (χ0v) is 13.1. The predicted octanol–water partition coefficient (Wildman–Crippen LogP) is 3.25. The number of sulfonamides is 1. The van der Waals surface area contributed by atoms with Crippen molar-refractivity contribution >= 4 is 10.0 Å².